The fraction of sp³-hybridized carbons (Fsp3) is 0.273. The van der Waals surface area contributed by atoms with Crippen molar-refractivity contribution in [3.63, 3.8) is 0 Å². The molecule has 0 unspecified atom stereocenters. The first kappa shape index (κ1) is 11.7. The molecular weight excluding hydrogens is 236 g/mol. The second kappa shape index (κ2) is 5.01. The Balaban J connectivity index is 2.06. The number of nitrogen functional groups attached to an aromatic ring is 1. The number of ether oxygens (including phenoxy) is 1. The van der Waals surface area contributed by atoms with Crippen molar-refractivity contribution < 1.29 is 4.74 Å². The zero-order valence-electron chi connectivity index (χ0n) is 9.75. The minimum atomic E-state index is 0.503. The largest absolute Gasteiger partial charge is 0.497 e. The average Bonchev–Trinajstić information content (AvgIpc) is 2.75. The first-order valence-electron chi connectivity index (χ1n) is 5.12. The van der Waals surface area contributed by atoms with Gasteiger partial charge < -0.3 is 15.4 Å². The SMILES string of the molecule is COc1ccc(N(C)Cc2nnc(N)s2)cc1. The maximum atomic E-state index is 5.54. The van der Waals surface area contributed by atoms with Crippen LogP contribution in [0.5, 0.6) is 5.75 Å². The Bertz CT molecular complexity index is 482. The van der Waals surface area contributed by atoms with Crippen LogP contribution in [0.2, 0.25) is 0 Å². The Hall–Kier alpha value is -1.82. The van der Waals surface area contributed by atoms with E-state index in [1.165, 1.54) is 11.3 Å². The minimum Gasteiger partial charge on any atom is -0.497 e. The molecule has 2 rings (SSSR count). The first-order chi connectivity index (χ1) is 8.19. The zero-order chi connectivity index (χ0) is 12.3. The predicted molar refractivity (Wildman–Crippen MR) is 69.4 cm³/mol. The number of hydrogen-bond acceptors (Lipinski definition) is 6. The maximum absolute atomic E-state index is 5.54. The number of anilines is 2. The van der Waals surface area contributed by atoms with Crippen molar-refractivity contribution in [2.45, 2.75) is 6.54 Å². The molecule has 0 aliphatic carbocycles. The lowest BCUT2D eigenvalue weighted by Gasteiger charge is -2.17. The topological polar surface area (TPSA) is 64.3 Å². The Morgan fingerprint density at radius 3 is 2.53 bits per heavy atom. The third-order valence-electron chi connectivity index (χ3n) is 2.37. The van der Waals surface area contributed by atoms with Crippen LogP contribution in [0.25, 0.3) is 0 Å². The van der Waals surface area contributed by atoms with Crippen molar-refractivity contribution >= 4 is 22.2 Å². The highest BCUT2D eigenvalue weighted by Gasteiger charge is 2.06. The number of nitrogens with two attached hydrogens (primary N) is 1. The Morgan fingerprint density at radius 2 is 2.00 bits per heavy atom. The average molecular weight is 250 g/mol. The van der Waals surface area contributed by atoms with Gasteiger partial charge in [0.25, 0.3) is 0 Å². The molecule has 2 N–H and O–H groups in total. The Kier molecular flexibility index (Phi) is 3.43. The van der Waals surface area contributed by atoms with Crippen molar-refractivity contribution in [2.75, 3.05) is 24.8 Å². The van der Waals surface area contributed by atoms with Crippen LogP contribution >= 0.6 is 11.3 Å². The quantitative estimate of drug-likeness (QED) is 0.895. The van der Waals surface area contributed by atoms with Gasteiger partial charge in [-0.2, -0.15) is 0 Å². The predicted octanol–water partition coefficient (Wildman–Crippen LogP) is 1.77. The summed E-state index contributed by atoms with van der Waals surface area (Å²) in [5, 5.41) is 9.19. The first-order valence-corrected chi connectivity index (χ1v) is 5.93. The van der Waals surface area contributed by atoms with Gasteiger partial charge in [-0.05, 0) is 24.3 Å². The zero-order valence-corrected chi connectivity index (χ0v) is 10.6. The molecule has 0 aliphatic heterocycles. The second-order valence-electron chi connectivity index (χ2n) is 3.59. The van der Waals surface area contributed by atoms with E-state index < -0.39 is 0 Å². The van der Waals surface area contributed by atoms with Crippen LogP contribution in [0.4, 0.5) is 10.8 Å². The summed E-state index contributed by atoms with van der Waals surface area (Å²) in [5.41, 5.74) is 6.64. The van der Waals surface area contributed by atoms with Crippen LogP contribution in [-0.2, 0) is 6.54 Å². The normalized spacial score (nSPS) is 10.2. The molecule has 1 aromatic carbocycles. The number of methoxy groups -OCH3 is 1. The van der Waals surface area contributed by atoms with Crippen LogP contribution in [-0.4, -0.2) is 24.4 Å². The van der Waals surface area contributed by atoms with E-state index in [2.05, 4.69) is 15.1 Å². The third kappa shape index (κ3) is 2.85. The summed E-state index contributed by atoms with van der Waals surface area (Å²) in [6.07, 6.45) is 0. The number of nitrogens with zero attached hydrogens (tertiary/aromatic N) is 3. The number of hydrogen-bond donors (Lipinski definition) is 1. The summed E-state index contributed by atoms with van der Waals surface area (Å²) < 4.78 is 5.12. The summed E-state index contributed by atoms with van der Waals surface area (Å²) in [6, 6.07) is 7.87. The monoisotopic (exact) mass is 250 g/mol. The molecule has 2 aromatic rings. The van der Waals surface area contributed by atoms with Gasteiger partial charge in [-0.1, -0.05) is 11.3 Å². The highest BCUT2D eigenvalue weighted by molar-refractivity contribution is 7.15. The summed E-state index contributed by atoms with van der Waals surface area (Å²) in [7, 11) is 3.65. The lowest BCUT2D eigenvalue weighted by molar-refractivity contribution is 0.415. The summed E-state index contributed by atoms with van der Waals surface area (Å²) in [6.45, 7) is 0.696. The van der Waals surface area contributed by atoms with E-state index >= 15 is 0 Å². The van der Waals surface area contributed by atoms with E-state index in [9.17, 15) is 0 Å². The van der Waals surface area contributed by atoms with E-state index in [0.29, 0.717) is 11.7 Å². The summed E-state index contributed by atoms with van der Waals surface area (Å²) in [4.78, 5) is 2.08. The molecule has 90 valence electrons. The standard InChI is InChI=1S/C11H14N4OS/c1-15(7-10-13-14-11(12)17-10)8-3-5-9(16-2)6-4-8/h3-6H,7H2,1-2H3,(H2,12,14). The van der Waals surface area contributed by atoms with E-state index in [4.69, 9.17) is 10.5 Å². The lowest BCUT2D eigenvalue weighted by Crippen LogP contribution is -2.16. The van der Waals surface area contributed by atoms with Crippen molar-refractivity contribution in [2.24, 2.45) is 0 Å². The molecule has 6 heteroatoms. The molecule has 0 aliphatic rings. The Labute approximate surface area is 104 Å². The molecule has 0 fully saturated rings. The van der Waals surface area contributed by atoms with Crippen molar-refractivity contribution in [3.8, 4) is 5.75 Å². The van der Waals surface area contributed by atoms with E-state index in [1.807, 2.05) is 31.3 Å². The van der Waals surface area contributed by atoms with E-state index in [1.54, 1.807) is 7.11 Å². The highest BCUT2D eigenvalue weighted by Crippen LogP contribution is 2.21. The second-order valence-corrected chi connectivity index (χ2v) is 4.68. The van der Waals surface area contributed by atoms with Crippen molar-refractivity contribution in [1.29, 1.82) is 0 Å². The fourth-order valence-electron chi connectivity index (χ4n) is 1.46. The fourth-order valence-corrected chi connectivity index (χ4v) is 2.12. The van der Waals surface area contributed by atoms with Crippen LogP contribution < -0.4 is 15.4 Å². The van der Waals surface area contributed by atoms with Gasteiger partial charge in [-0.25, -0.2) is 0 Å². The molecule has 0 spiro atoms. The molecule has 0 saturated heterocycles. The van der Waals surface area contributed by atoms with Gasteiger partial charge in [-0.3, -0.25) is 0 Å². The molecule has 0 radical (unpaired) electrons. The van der Waals surface area contributed by atoms with Gasteiger partial charge in [0.1, 0.15) is 10.8 Å². The van der Waals surface area contributed by atoms with Gasteiger partial charge in [0.05, 0.1) is 13.7 Å². The van der Waals surface area contributed by atoms with Crippen molar-refractivity contribution in [1.82, 2.24) is 10.2 Å². The van der Waals surface area contributed by atoms with Gasteiger partial charge in [-0.15, -0.1) is 10.2 Å². The molecule has 1 heterocycles. The van der Waals surface area contributed by atoms with Gasteiger partial charge >= 0.3 is 0 Å². The highest BCUT2D eigenvalue weighted by atomic mass is 32.1. The van der Waals surface area contributed by atoms with Crippen LogP contribution in [0.1, 0.15) is 5.01 Å². The number of rotatable bonds is 4. The smallest absolute Gasteiger partial charge is 0.203 e. The molecule has 0 bridgehead atoms. The van der Waals surface area contributed by atoms with Crippen LogP contribution in [0, 0.1) is 0 Å². The minimum absolute atomic E-state index is 0.503. The molecular formula is C11H14N4OS. The molecule has 5 nitrogen and oxygen atoms in total. The summed E-state index contributed by atoms with van der Waals surface area (Å²) in [5.74, 6) is 0.849. The van der Waals surface area contributed by atoms with Gasteiger partial charge in [0.15, 0.2) is 0 Å². The van der Waals surface area contributed by atoms with E-state index in [0.717, 1.165) is 16.4 Å². The molecule has 0 atom stereocenters. The van der Waals surface area contributed by atoms with Crippen molar-refractivity contribution in [3.05, 3.63) is 29.3 Å². The summed E-state index contributed by atoms with van der Waals surface area (Å²) >= 11 is 1.41. The van der Waals surface area contributed by atoms with Crippen LogP contribution in [0.15, 0.2) is 24.3 Å². The lowest BCUT2D eigenvalue weighted by atomic mass is 10.3. The molecule has 17 heavy (non-hydrogen) atoms. The van der Waals surface area contributed by atoms with E-state index in [-0.39, 0.29) is 0 Å². The number of aromatic nitrogens is 2. The molecule has 1 aromatic heterocycles. The van der Waals surface area contributed by atoms with Gasteiger partial charge in [0, 0.05) is 12.7 Å². The number of benzene rings is 1. The molecule has 0 saturated carbocycles. The Morgan fingerprint density at radius 1 is 1.29 bits per heavy atom. The molecule has 0 amide bonds. The third-order valence-corrected chi connectivity index (χ3v) is 3.11. The maximum Gasteiger partial charge on any atom is 0.203 e. The van der Waals surface area contributed by atoms with Crippen LogP contribution in [0.3, 0.4) is 0 Å². The van der Waals surface area contributed by atoms with Gasteiger partial charge in [0.2, 0.25) is 5.13 Å².